The highest BCUT2D eigenvalue weighted by molar-refractivity contribution is 5.82. The maximum Gasteiger partial charge on any atom is 0.326 e. The summed E-state index contributed by atoms with van der Waals surface area (Å²) in [5.41, 5.74) is 0.167. The highest BCUT2D eigenvalue weighted by atomic mass is 16.4. The third kappa shape index (κ3) is 4.55. The quantitative estimate of drug-likeness (QED) is 0.705. The lowest BCUT2D eigenvalue weighted by molar-refractivity contribution is -0.139. The van der Waals surface area contributed by atoms with Gasteiger partial charge in [0.1, 0.15) is 6.04 Å². The number of hydrogen-bond donors (Lipinski definition) is 3. The molecule has 0 saturated heterocycles. The normalized spacial score (nSPS) is 19.9. The molecule has 1 aliphatic carbocycles. The number of carbonyl (C=O) groups is 2. The van der Waals surface area contributed by atoms with Gasteiger partial charge in [-0.3, -0.25) is 0 Å². The largest absolute Gasteiger partial charge is 0.480 e. The second-order valence-corrected chi connectivity index (χ2v) is 5.50. The van der Waals surface area contributed by atoms with Crippen LogP contribution in [-0.2, 0) is 4.79 Å². The molecule has 0 spiro atoms. The molecule has 0 bridgehead atoms. The van der Waals surface area contributed by atoms with E-state index in [4.69, 9.17) is 5.11 Å². The summed E-state index contributed by atoms with van der Waals surface area (Å²) in [6.45, 7) is 4.54. The minimum atomic E-state index is -0.989. The summed E-state index contributed by atoms with van der Waals surface area (Å²) >= 11 is 0. The average molecular weight is 256 g/mol. The van der Waals surface area contributed by atoms with E-state index in [1.54, 1.807) is 6.92 Å². The monoisotopic (exact) mass is 256 g/mol. The number of amides is 2. The topological polar surface area (TPSA) is 78.4 Å². The lowest BCUT2D eigenvalue weighted by Gasteiger charge is -2.33. The first kappa shape index (κ1) is 14.8. The minimum Gasteiger partial charge on any atom is -0.480 e. The van der Waals surface area contributed by atoms with Crippen molar-refractivity contribution >= 4 is 12.0 Å². The fraction of sp³-hybridized carbons (Fsp3) is 0.846. The summed E-state index contributed by atoms with van der Waals surface area (Å²) < 4.78 is 0. The van der Waals surface area contributed by atoms with Gasteiger partial charge in [0, 0.05) is 6.54 Å². The van der Waals surface area contributed by atoms with E-state index >= 15 is 0 Å². The molecule has 1 atom stereocenters. The van der Waals surface area contributed by atoms with E-state index in [1.165, 1.54) is 19.3 Å². The van der Waals surface area contributed by atoms with E-state index in [2.05, 4.69) is 17.6 Å². The molecule has 3 N–H and O–H groups in total. The third-order valence-corrected chi connectivity index (χ3v) is 3.75. The minimum absolute atomic E-state index is 0.167. The van der Waals surface area contributed by atoms with Crippen molar-refractivity contribution in [3.8, 4) is 0 Å². The summed E-state index contributed by atoms with van der Waals surface area (Å²) in [7, 11) is 0. The molecular weight excluding hydrogens is 232 g/mol. The number of carboxylic acid groups (broad SMARTS) is 1. The SMILES string of the molecule is CC[C@@H](NC(=O)NCC1(C)CCCCC1)C(=O)O. The van der Waals surface area contributed by atoms with E-state index in [0.29, 0.717) is 13.0 Å². The summed E-state index contributed by atoms with van der Waals surface area (Å²) in [5, 5.41) is 14.1. The Labute approximate surface area is 108 Å². The van der Waals surface area contributed by atoms with Crippen LogP contribution in [0.25, 0.3) is 0 Å². The van der Waals surface area contributed by atoms with Crippen LogP contribution in [0.5, 0.6) is 0 Å². The molecule has 2 amide bonds. The van der Waals surface area contributed by atoms with Gasteiger partial charge < -0.3 is 15.7 Å². The van der Waals surface area contributed by atoms with Crippen LogP contribution < -0.4 is 10.6 Å². The lowest BCUT2D eigenvalue weighted by atomic mass is 9.76. The smallest absolute Gasteiger partial charge is 0.326 e. The van der Waals surface area contributed by atoms with Crippen LogP contribution >= 0.6 is 0 Å². The van der Waals surface area contributed by atoms with Crippen molar-refractivity contribution in [3.63, 3.8) is 0 Å². The molecule has 1 rings (SSSR count). The Morgan fingerprint density at radius 3 is 2.39 bits per heavy atom. The zero-order valence-corrected chi connectivity index (χ0v) is 11.3. The molecule has 0 radical (unpaired) electrons. The molecule has 0 aromatic heterocycles. The Hall–Kier alpha value is -1.26. The number of carboxylic acids is 1. The second kappa shape index (κ2) is 6.61. The van der Waals surface area contributed by atoms with Gasteiger partial charge in [-0.15, -0.1) is 0 Å². The van der Waals surface area contributed by atoms with E-state index in [-0.39, 0.29) is 11.4 Å². The van der Waals surface area contributed by atoms with Gasteiger partial charge in [-0.05, 0) is 24.7 Å². The molecule has 0 aromatic carbocycles. The Balaban J connectivity index is 2.34. The average Bonchev–Trinajstić information content (AvgIpc) is 2.34. The fourth-order valence-corrected chi connectivity index (χ4v) is 2.42. The maximum absolute atomic E-state index is 11.6. The van der Waals surface area contributed by atoms with Crippen molar-refractivity contribution < 1.29 is 14.7 Å². The molecule has 104 valence electrons. The van der Waals surface area contributed by atoms with Crippen LogP contribution in [0.1, 0.15) is 52.4 Å². The molecule has 1 aliphatic rings. The number of carbonyl (C=O) groups excluding carboxylic acids is 1. The third-order valence-electron chi connectivity index (χ3n) is 3.75. The number of hydrogen-bond acceptors (Lipinski definition) is 2. The Morgan fingerprint density at radius 1 is 1.28 bits per heavy atom. The molecule has 1 fully saturated rings. The summed E-state index contributed by atoms with van der Waals surface area (Å²) in [4.78, 5) is 22.4. The predicted octanol–water partition coefficient (Wildman–Crippen LogP) is 2.12. The van der Waals surface area contributed by atoms with E-state index < -0.39 is 12.0 Å². The van der Waals surface area contributed by atoms with Gasteiger partial charge in [-0.1, -0.05) is 33.1 Å². The molecule has 5 nitrogen and oxygen atoms in total. The van der Waals surface area contributed by atoms with Crippen molar-refractivity contribution in [2.45, 2.75) is 58.4 Å². The second-order valence-electron chi connectivity index (χ2n) is 5.50. The van der Waals surface area contributed by atoms with Crippen LogP contribution in [0.4, 0.5) is 4.79 Å². The van der Waals surface area contributed by atoms with Gasteiger partial charge >= 0.3 is 12.0 Å². The molecule has 18 heavy (non-hydrogen) atoms. The summed E-state index contributed by atoms with van der Waals surface area (Å²) in [6, 6.07) is -1.18. The summed E-state index contributed by atoms with van der Waals surface area (Å²) in [5.74, 6) is -0.989. The Kier molecular flexibility index (Phi) is 5.44. The Morgan fingerprint density at radius 2 is 1.89 bits per heavy atom. The van der Waals surface area contributed by atoms with Crippen LogP contribution in [0.2, 0.25) is 0 Å². The van der Waals surface area contributed by atoms with Gasteiger partial charge in [-0.25, -0.2) is 9.59 Å². The van der Waals surface area contributed by atoms with Gasteiger partial charge in [0.25, 0.3) is 0 Å². The first-order valence-corrected chi connectivity index (χ1v) is 6.74. The van der Waals surface area contributed by atoms with Crippen LogP contribution in [0.3, 0.4) is 0 Å². The van der Waals surface area contributed by atoms with Gasteiger partial charge in [0.05, 0.1) is 0 Å². The molecule has 0 aliphatic heterocycles. The lowest BCUT2D eigenvalue weighted by Crippen LogP contribution is -2.48. The molecule has 1 saturated carbocycles. The number of rotatable bonds is 5. The van der Waals surface area contributed by atoms with Gasteiger partial charge in [0.2, 0.25) is 0 Å². The Bertz CT molecular complexity index is 299. The first-order chi connectivity index (χ1) is 8.47. The van der Waals surface area contributed by atoms with Crippen molar-refractivity contribution in [2.24, 2.45) is 5.41 Å². The highest BCUT2D eigenvalue weighted by Crippen LogP contribution is 2.34. The van der Waals surface area contributed by atoms with Crippen LogP contribution in [0.15, 0.2) is 0 Å². The maximum atomic E-state index is 11.6. The predicted molar refractivity (Wildman–Crippen MR) is 69.4 cm³/mol. The van der Waals surface area contributed by atoms with Crippen molar-refractivity contribution in [3.05, 3.63) is 0 Å². The molecule has 0 aromatic rings. The molecule has 5 heteroatoms. The standard InChI is InChI=1S/C13H24N2O3/c1-3-10(11(16)17)15-12(18)14-9-13(2)7-5-4-6-8-13/h10H,3-9H2,1-2H3,(H,16,17)(H2,14,15,18)/t10-/m1/s1. The van der Waals surface area contributed by atoms with Gasteiger partial charge in [0.15, 0.2) is 0 Å². The number of urea groups is 1. The van der Waals surface area contributed by atoms with E-state index in [0.717, 1.165) is 12.8 Å². The van der Waals surface area contributed by atoms with Crippen LogP contribution in [0, 0.1) is 5.41 Å². The summed E-state index contributed by atoms with van der Waals surface area (Å²) in [6.07, 6.45) is 6.35. The van der Waals surface area contributed by atoms with Crippen LogP contribution in [-0.4, -0.2) is 29.7 Å². The zero-order chi connectivity index (χ0) is 13.6. The zero-order valence-electron chi connectivity index (χ0n) is 11.3. The first-order valence-electron chi connectivity index (χ1n) is 6.74. The molecule has 0 unspecified atom stereocenters. The van der Waals surface area contributed by atoms with Gasteiger partial charge in [-0.2, -0.15) is 0 Å². The highest BCUT2D eigenvalue weighted by Gasteiger charge is 2.27. The van der Waals surface area contributed by atoms with Crippen molar-refractivity contribution in [1.29, 1.82) is 0 Å². The van der Waals surface area contributed by atoms with Crippen molar-refractivity contribution in [2.75, 3.05) is 6.54 Å². The van der Waals surface area contributed by atoms with Crippen molar-refractivity contribution in [1.82, 2.24) is 10.6 Å². The van der Waals surface area contributed by atoms with E-state index in [1.807, 2.05) is 0 Å². The molecule has 0 heterocycles. The molecular formula is C13H24N2O3. The number of nitrogens with one attached hydrogen (secondary N) is 2. The fourth-order valence-electron chi connectivity index (χ4n) is 2.42. The number of aliphatic carboxylic acids is 1. The van der Waals surface area contributed by atoms with E-state index in [9.17, 15) is 9.59 Å².